The van der Waals surface area contributed by atoms with E-state index in [9.17, 15) is 0 Å². The third-order valence-corrected chi connectivity index (χ3v) is 4.73. The molecule has 92 valence electrons. The molecule has 2 unspecified atom stereocenters. The first-order valence-electron chi connectivity index (χ1n) is 6.14. The summed E-state index contributed by atoms with van der Waals surface area (Å²) in [7, 11) is 0. The SMILES string of the molecule is CCC1(C)CSC(NC2(C)CCCOC2)=N1. The van der Waals surface area contributed by atoms with Crippen LogP contribution >= 0.6 is 11.8 Å². The maximum absolute atomic E-state index is 5.55. The quantitative estimate of drug-likeness (QED) is 0.807. The minimum Gasteiger partial charge on any atom is -0.379 e. The summed E-state index contributed by atoms with van der Waals surface area (Å²) >= 11 is 1.85. The second kappa shape index (κ2) is 4.57. The van der Waals surface area contributed by atoms with Gasteiger partial charge in [0.25, 0.3) is 0 Å². The maximum atomic E-state index is 5.55. The van der Waals surface area contributed by atoms with Crippen LogP contribution in [0.25, 0.3) is 0 Å². The lowest BCUT2D eigenvalue weighted by Crippen LogP contribution is -2.50. The molecule has 2 heterocycles. The Morgan fingerprint density at radius 3 is 2.88 bits per heavy atom. The van der Waals surface area contributed by atoms with Gasteiger partial charge in [-0.15, -0.1) is 0 Å². The highest BCUT2D eigenvalue weighted by atomic mass is 32.2. The fourth-order valence-electron chi connectivity index (χ4n) is 2.07. The summed E-state index contributed by atoms with van der Waals surface area (Å²) in [5.74, 6) is 1.10. The van der Waals surface area contributed by atoms with Crippen molar-refractivity contribution in [2.75, 3.05) is 19.0 Å². The molecule has 0 radical (unpaired) electrons. The van der Waals surface area contributed by atoms with Crippen LogP contribution in [0.1, 0.15) is 40.0 Å². The van der Waals surface area contributed by atoms with Crippen LogP contribution in [0.5, 0.6) is 0 Å². The molecule has 2 aliphatic heterocycles. The fraction of sp³-hybridized carbons (Fsp3) is 0.917. The van der Waals surface area contributed by atoms with Crippen molar-refractivity contribution >= 4 is 16.9 Å². The molecule has 2 rings (SSSR count). The molecule has 4 heteroatoms. The molecule has 0 saturated carbocycles. The molecule has 2 aliphatic rings. The number of hydrogen-bond donors (Lipinski definition) is 1. The Morgan fingerprint density at radius 1 is 1.50 bits per heavy atom. The summed E-state index contributed by atoms with van der Waals surface area (Å²) in [5.41, 5.74) is 0.224. The van der Waals surface area contributed by atoms with Gasteiger partial charge in [0, 0.05) is 12.4 Å². The highest BCUT2D eigenvalue weighted by molar-refractivity contribution is 8.14. The van der Waals surface area contributed by atoms with Gasteiger partial charge < -0.3 is 10.1 Å². The minimum absolute atomic E-state index is 0.0864. The Morgan fingerprint density at radius 2 is 2.31 bits per heavy atom. The third kappa shape index (κ3) is 2.72. The van der Waals surface area contributed by atoms with E-state index in [0.29, 0.717) is 0 Å². The van der Waals surface area contributed by atoms with E-state index in [1.807, 2.05) is 11.8 Å². The van der Waals surface area contributed by atoms with Gasteiger partial charge in [0.2, 0.25) is 0 Å². The molecule has 0 aromatic carbocycles. The van der Waals surface area contributed by atoms with E-state index in [2.05, 4.69) is 26.1 Å². The lowest BCUT2D eigenvalue weighted by atomic mass is 9.95. The van der Waals surface area contributed by atoms with Crippen LogP contribution in [-0.2, 0) is 4.74 Å². The monoisotopic (exact) mass is 242 g/mol. The first-order chi connectivity index (χ1) is 7.55. The smallest absolute Gasteiger partial charge is 0.157 e. The summed E-state index contributed by atoms with van der Waals surface area (Å²) in [6.07, 6.45) is 3.43. The van der Waals surface area contributed by atoms with Gasteiger partial charge >= 0.3 is 0 Å². The minimum atomic E-state index is 0.0864. The van der Waals surface area contributed by atoms with Crippen molar-refractivity contribution in [3.05, 3.63) is 0 Å². The van der Waals surface area contributed by atoms with Crippen LogP contribution in [0.3, 0.4) is 0 Å². The van der Waals surface area contributed by atoms with Crippen molar-refractivity contribution in [3.63, 3.8) is 0 Å². The molecule has 1 fully saturated rings. The molecule has 0 aliphatic carbocycles. The average molecular weight is 242 g/mol. The average Bonchev–Trinajstić information content (AvgIpc) is 2.61. The number of nitrogens with one attached hydrogen (secondary N) is 1. The van der Waals surface area contributed by atoms with Gasteiger partial charge in [0.1, 0.15) is 0 Å². The van der Waals surface area contributed by atoms with E-state index in [-0.39, 0.29) is 11.1 Å². The van der Waals surface area contributed by atoms with Crippen LogP contribution in [0.15, 0.2) is 4.99 Å². The zero-order valence-electron chi connectivity index (χ0n) is 10.5. The molecule has 3 nitrogen and oxygen atoms in total. The third-order valence-electron chi connectivity index (χ3n) is 3.50. The topological polar surface area (TPSA) is 33.6 Å². The lowest BCUT2D eigenvalue weighted by Gasteiger charge is -2.34. The maximum Gasteiger partial charge on any atom is 0.157 e. The first-order valence-corrected chi connectivity index (χ1v) is 7.12. The molecule has 16 heavy (non-hydrogen) atoms. The summed E-state index contributed by atoms with van der Waals surface area (Å²) in [6, 6.07) is 0. The Bertz CT molecular complexity index is 287. The highest BCUT2D eigenvalue weighted by Gasteiger charge is 2.34. The predicted molar refractivity (Wildman–Crippen MR) is 70.2 cm³/mol. The molecule has 2 atom stereocenters. The number of rotatable bonds is 2. The number of nitrogens with zero attached hydrogens (tertiary/aromatic N) is 1. The molecule has 0 amide bonds. The van der Waals surface area contributed by atoms with E-state index >= 15 is 0 Å². The van der Waals surface area contributed by atoms with Gasteiger partial charge in [0.15, 0.2) is 5.17 Å². The van der Waals surface area contributed by atoms with Crippen molar-refractivity contribution < 1.29 is 4.74 Å². The first kappa shape index (κ1) is 12.2. The van der Waals surface area contributed by atoms with Gasteiger partial charge in [-0.3, -0.25) is 4.99 Å². The molecule has 1 saturated heterocycles. The summed E-state index contributed by atoms with van der Waals surface area (Å²) in [6.45, 7) is 8.38. The van der Waals surface area contributed by atoms with Crippen LogP contribution in [0.4, 0.5) is 0 Å². The van der Waals surface area contributed by atoms with Crippen molar-refractivity contribution in [1.82, 2.24) is 5.32 Å². The zero-order chi connectivity index (χ0) is 11.6. The zero-order valence-corrected chi connectivity index (χ0v) is 11.3. The molecular formula is C12H22N2OS. The molecule has 1 N–H and O–H groups in total. The molecule has 0 aromatic heterocycles. The second-order valence-corrected chi connectivity index (χ2v) is 6.36. The fourth-order valence-corrected chi connectivity index (χ4v) is 3.39. The second-order valence-electron chi connectivity index (χ2n) is 5.40. The van der Waals surface area contributed by atoms with Crippen molar-refractivity contribution in [1.29, 1.82) is 0 Å². The van der Waals surface area contributed by atoms with Crippen LogP contribution in [-0.4, -0.2) is 35.2 Å². The number of thioether (sulfide) groups is 1. The Labute approximate surface area is 102 Å². The number of aliphatic imine (C=N–C) groups is 1. The van der Waals surface area contributed by atoms with Gasteiger partial charge in [-0.2, -0.15) is 0 Å². The molecule has 0 bridgehead atoms. The number of ether oxygens (including phenoxy) is 1. The Kier molecular flexibility index (Phi) is 3.50. The largest absolute Gasteiger partial charge is 0.379 e. The van der Waals surface area contributed by atoms with E-state index in [4.69, 9.17) is 9.73 Å². The molecular weight excluding hydrogens is 220 g/mol. The molecule has 0 aromatic rings. The Hall–Kier alpha value is -0.220. The van der Waals surface area contributed by atoms with Crippen molar-refractivity contribution in [3.8, 4) is 0 Å². The highest BCUT2D eigenvalue weighted by Crippen LogP contribution is 2.31. The Balaban J connectivity index is 1.97. The predicted octanol–water partition coefficient (Wildman–Crippen LogP) is 2.42. The van der Waals surface area contributed by atoms with Gasteiger partial charge in [-0.1, -0.05) is 18.7 Å². The van der Waals surface area contributed by atoms with E-state index in [1.54, 1.807) is 0 Å². The van der Waals surface area contributed by atoms with E-state index in [1.165, 1.54) is 6.42 Å². The summed E-state index contributed by atoms with van der Waals surface area (Å²) in [4.78, 5) is 4.79. The van der Waals surface area contributed by atoms with Crippen molar-refractivity contribution in [2.45, 2.75) is 51.1 Å². The van der Waals surface area contributed by atoms with E-state index in [0.717, 1.165) is 37.0 Å². The standard InChI is InChI=1S/C12H22N2OS/c1-4-11(2)9-16-10(13-11)14-12(3)6-5-7-15-8-12/h4-9H2,1-3H3,(H,13,14). The van der Waals surface area contributed by atoms with Crippen LogP contribution in [0, 0.1) is 0 Å². The molecule has 0 spiro atoms. The van der Waals surface area contributed by atoms with Crippen molar-refractivity contribution in [2.24, 2.45) is 4.99 Å². The summed E-state index contributed by atoms with van der Waals surface area (Å²) in [5, 5.41) is 4.68. The number of amidine groups is 1. The summed E-state index contributed by atoms with van der Waals surface area (Å²) < 4.78 is 5.55. The lowest BCUT2D eigenvalue weighted by molar-refractivity contribution is 0.0374. The van der Waals surface area contributed by atoms with Gasteiger partial charge in [-0.25, -0.2) is 0 Å². The number of hydrogen-bond acceptors (Lipinski definition) is 4. The van der Waals surface area contributed by atoms with Gasteiger partial charge in [0.05, 0.1) is 17.7 Å². The van der Waals surface area contributed by atoms with Crippen LogP contribution in [0.2, 0.25) is 0 Å². The van der Waals surface area contributed by atoms with Crippen LogP contribution < -0.4 is 5.32 Å². The van der Waals surface area contributed by atoms with E-state index < -0.39 is 0 Å². The van der Waals surface area contributed by atoms with Gasteiger partial charge in [-0.05, 0) is 33.1 Å². The normalized spacial score (nSPS) is 39.6.